The summed E-state index contributed by atoms with van der Waals surface area (Å²) in [6, 6.07) is -0.00387. The van der Waals surface area contributed by atoms with Crippen molar-refractivity contribution in [2.45, 2.75) is 39.7 Å². The SMILES string of the molecule is CC(C)c1nc(NC(c2ncnn2C)C(C)C)c2cnn(C)c2n1. The van der Waals surface area contributed by atoms with Crippen LogP contribution < -0.4 is 5.32 Å². The first-order chi connectivity index (χ1) is 11.4. The maximum absolute atomic E-state index is 4.74. The van der Waals surface area contributed by atoms with Gasteiger partial charge in [0.1, 0.15) is 23.8 Å². The summed E-state index contributed by atoms with van der Waals surface area (Å²) in [6.07, 6.45) is 3.38. The van der Waals surface area contributed by atoms with E-state index in [0.717, 1.165) is 28.5 Å². The van der Waals surface area contributed by atoms with E-state index < -0.39 is 0 Å². The van der Waals surface area contributed by atoms with Crippen LogP contribution in [0.5, 0.6) is 0 Å². The minimum atomic E-state index is -0.00387. The van der Waals surface area contributed by atoms with Crippen LogP contribution in [0.4, 0.5) is 5.82 Å². The molecule has 0 spiro atoms. The summed E-state index contributed by atoms with van der Waals surface area (Å²) in [4.78, 5) is 13.8. The smallest absolute Gasteiger partial charge is 0.163 e. The number of nitrogens with zero attached hydrogens (tertiary/aromatic N) is 7. The second-order valence-corrected chi connectivity index (χ2v) is 6.70. The zero-order chi connectivity index (χ0) is 17.4. The maximum Gasteiger partial charge on any atom is 0.163 e. The van der Waals surface area contributed by atoms with Crippen molar-refractivity contribution >= 4 is 16.9 Å². The minimum Gasteiger partial charge on any atom is -0.359 e. The number of aromatic nitrogens is 7. The van der Waals surface area contributed by atoms with Crippen molar-refractivity contribution in [1.29, 1.82) is 0 Å². The van der Waals surface area contributed by atoms with Crippen LogP contribution in [0, 0.1) is 5.92 Å². The number of anilines is 1. The third-order valence-electron chi connectivity index (χ3n) is 4.11. The predicted octanol–water partition coefficient (Wildman–Crippen LogP) is 2.42. The van der Waals surface area contributed by atoms with Gasteiger partial charge in [-0.15, -0.1) is 0 Å². The van der Waals surface area contributed by atoms with Crippen molar-refractivity contribution in [1.82, 2.24) is 34.5 Å². The molecule has 0 aliphatic rings. The Kier molecular flexibility index (Phi) is 4.21. The van der Waals surface area contributed by atoms with Crippen molar-refractivity contribution in [2.24, 2.45) is 20.0 Å². The number of fused-ring (bicyclic) bond motifs is 1. The van der Waals surface area contributed by atoms with Gasteiger partial charge in [0.05, 0.1) is 17.6 Å². The fourth-order valence-corrected chi connectivity index (χ4v) is 2.67. The lowest BCUT2D eigenvalue weighted by molar-refractivity contribution is 0.496. The molecule has 0 aliphatic carbocycles. The molecule has 0 saturated carbocycles. The zero-order valence-electron chi connectivity index (χ0n) is 15.0. The molecule has 24 heavy (non-hydrogen) atoms. The Labute approximate surface area is 141 Å². The number of rotatable bonds is 5. The van der Waals surface area contributed by atoms with Gasteiger partial charge in [-0.2, -0.15) is 10.2 Å². The van der Waals surface area contributed by atoms with Gasteiger partial charge in [-0.1, -0.05) is 27.7 Å². The van der Waals surface area contributed by atoms with E-state index in [1.54, 1.807) is 21.9 Å². The van der Waals surface area contributed by atoms with E-state index in [1.165, 1.54) is 0 Å². The summed E-state index contributed by atoms with van der Waals surface area (Å²) in [5.74, 6) is 3.02. The lowest BCUT2D eigenvalue weighted by atomic mass is 10.0. The van der Waals surface area contributed by atoms with E-state index >= 15 is 0 Å². The first kappa shape index (κ1) is 16.4. The van der Waals surface area contributed by atoms with Crippen LogP contribution in [-0.4, -0.2) is 34.5 Å². The summed E-state index contributed by atoms with van der Waals surface area (Å²) < 4.78 is 3.57. The standard InChI is InChI=1S/C16H24N8/c1-9(2)12(16-17-8-19-24(16)6)20-14-11-7-18-23(5)15(11)22-13(21-14)10(3)4/h7-10,12H,1-6H3,(H,20,21,22). The van der Waals surface area contributed by atoms with Crippen molar-refractivity contribution in [3.8, 4) is 0 Å². The summed E-state index contributed by atoms with van der Waals surface area (Å²) in [5, 5.41) is 13.0. The molecule has 8 heteroatoms. The fraction of sp³-hybridized carbons (Fsp3) is 0.562. The molecule has 3 heterocycles. The second-order valence-electron chi connectivity index (χ2n) is 6.70. The van der Waals surface area contributed by atoms with Crippen LogP contribution in [0.2, 0.25) is 0 Å². The Bertz CT molecular complexity index is 845. The van der Waals surface area contributed by atoms with E-state index in [-0.39, 0.29) is 12.0 Å². The van der Waals surface area contributed by atoms with Crippen LogP contribution in [0.3, 0.4) is 0 Å². The van der Waals surface area contributed by atoms with E-state index in [4.69, 9.17) is 4.98 Å². The highest BCUT2D eigenvalue weighted by Gasteiger charge is 2.23. The van der Waals surface area contributed by atoms with Crippen LogP contribution in [0.1, 0.15) is 51.3 Å². The monoisotopic (exact) mass is 328 g/mol. The fourth-order valence-electron chi connectivity index (χ4n) is 2.67. The highest BCUT2D eigenvalue weighted by atomic mass is 15.3. The van der Waals surface area contributed by atoms with E-state index in [1.807, 2.05) is 14.1 Å². The molecule has 1 N–H and O–H groups in total. The third-order valence-corrected chi connectivity index (χ3v) is 4.11. The first-order valence-corrected chi connectivity index (χ1v) is 8.18. The Morgan fingerprint density at radius 3 is 2.33 bits per heavy atom. The highest BCUT2D eigenvalue weighted by Crippen LogP contribution is 2.29. The average Bonchev–Trinajstić information content (AvgIpc) is 3.11. The molecule has 0 amide bonds. The van der Waals surface area contributed by atoms with Crippen molar-refractivity contribution in [2.75, 3.05) is 5.32 Å². The van der Waals surface area contributed by atoms with Gasteiger partial charge in [0, 0.05) is 20.0 Å². The van der Waals surface area contributed by atoms with E-state index in [2.05, 4.69) is 53.2 Å². The summed E-state index contributed by atoms with van der Waals surface area (Å²) in [7, 11) is 3.80. The lowest BCUT2D eigenvalue weighted by Crippen LogP contribution is -2.22. The molecule has 3 rings (SSSR count). The van der Waals surface area contributed by atoms with Gasteiger partial charge >= 0.3 is 0 Å². The molecule has 0 saturated heterocycles. The zero-order valence-corrected chi connectivity index (χ0v) is 15.0. The summed E-state index contributed by atoms with van der Waals surface area (Å²) in [5.41, 5.74) is 0.830. The van der Waals surface area contributed by atoms with Gasteiger partial charge in [-0.05, 0) is 5.92 Å². The predicted molar refractivity (Wildman–Crippen MR) is 92.6 cm³/mol. The Morgan fingerprint density at radius 2 is 1.75 bits per heavy atom. The van der Waals surface area contributed by atoms with Crippen LogP contribution >= 0.6 is 0 Å². The molecule has 0 bridgehead atoms. The second kappa shape index (κ2) is 6.18. The molecule has 0 fully saturated rings. The van der Waals surface area contributed by atoms with Gasteiger partial charge < -0.3 is 5.32 Å². The number of aryl methyl sites for hydroxylation is 2. The Hall–Kier alpha value is -2.51. The summed E-state index contributed by atoms with van der Waals surface area (Å²) in [6.45, 7) is 8.47. The van der Waals surface area contributed by atoms with E-state index in [9.17, 15) is 0 Å². The molecule has 3 aromatic heterocycles. The Morgan fingerprint density at radius 1 is 1.00 bits per heavy atom. The van der Waals surface area contributed by atoms with Crippen LogP contribution in [0.25, 0.3) is 11.0 Å². The van der Waals surface area contributed by atoms with Crippen molar-refractivity contribution in [3.63, 3.8) is 0 Å². The maximum atomic E-state index is 4.74. The molecule has 8 nitrogen and oxygen atoms in total. The largest absolute Gasteiger partial charge is 0.359 e. The molecular formula is C16H24N8. The molecule has 3 aromatic rings. The number of nitrogens with one attached hydrogen (secondary N) is 1. The average molecular weight is 328 g/mol. The molecule has 0 radical (unpaired) electrons. The lowest BCUT2D eigenvalue weighted by Gasteiger charge is -2.22. The van der Waals surface area contributed by atoms with Gasteiger partial charge in [0.2, 0.25) is 0 Å². The molecule has 128 valence electrons. The normalized spacial score (nSPS) is 13.2. The molecule has 0 aromatic carbocycles. The number of hydrogen-bond acceptors (Lipinski definition) is 6. The van der Waals surface area contributed by atoms with Gasteiger partial charge in [0.15, 0.2) is 5.65 Å². The third kappa shape index (κ3) is 2.83. The Balaban J connectivity index is 2.09. The van der Waals surface area contributed by atoms with Gasteiger partial charge in [-0.25, -0.2) is 15.0 Å². The molecular weight excluding hydrogens is 304 g/mol. The van der Waals surface area contributed by atoms with E-state index in [0.29, 0.717) is 5.92 Å². The topological polar surface area (TPSA) is 86.3 Å². The minimum absolute atomic E-state index is 0.00387. The van der Waals surface area contributed by atoms with Crippen LogP contribution in [0.15, 0.2) is 12.5 Å². The molecule has 1 unspecified atom stereocenters. The summed E-state index contributed by atoms with van der Waals surface area (Å²) >= 11 is 0. The number of hydrogen-bond donors (Lipinski definition) is 1. The highest BCUT2D eigenvalue weighted by molar-refractivity contribution is 5.86. The van der Waals surface area contributed by atoms with Gasteiger partial charge in [0.25, 0.3) is 0 Å². The van der Waals surface area contributed by atoms with Crippen LogP contribution in [-0.2, 0) is 14.1 Å². The first-order valence-electron chi connectivity index (χ1n) is 8.18. The van der Waals surface area contributed by atoms with Gasteiger partial charge in [-0.3, -0.25) is 9.36 Å². The quantitative estimate of drug-likeness (QED) is 0.774. The molecule has 0 aliphatic heterocycles. The van der Waals surface area contributed by atoms with Crippen molar-refractivity contribution in [3.05, 3.63) is 24.2 Å². The molecule has 1 atom stereocenters. The van der Waals surface area contributed by atoms with Crippen molar-refractivity contribution < 1.29 is 0 Å².